The third-order valence-corrected chi connectivity index (χ3v) is 9.58. The lowest BCUT2D eigenvalue weighted by molar-refractivity contribution is -0.268. The third kappa shape index (κ3) is 8.26. The van der Waals surface area contributed by atoms with Crippen molar-refractivity contribution in [1.29, 1.82) is 0 Å². The predicted molar refractivity (Wildman–Crippen MR) is 190 cm³/mol. The highest BCUT2D eigenvalue weighted by Gasteiger charge is 2.39. The summed E-state index contributed by atoms with van der Waals surface area (Å²) in [6.45, 7) is 2.28. The lowest BCUT2D eigenvalue weighted by Gasteiger charge is -2.41. The number of thioether (sulfide) groups is 1. The Morgan fingerprint density at radius 2 is 1.44 bits per heavy atom. The van der Waals surface area contributed by atoms with E-state index in [0.29, 0.717) is 11.0 Å². The monoisotopic (exact) mass is 722 g/mol. The summed E-state index contributed by atoms with van der Waals surface area (Å²) in [4.78, 5) is 16.9. The van der Waals surface area contributed by atoms with E-state index < -0.39 is 16.0 Å². The molecule has 6 rings (SSSR count). The summed E-state index contributed by atoms with van der Waals surface area (Å²) in [5, 5.41) is 12.8. The van der Waals surface area contributed by atoms with Gasteiger partial charge in [0.2, 0.25) is 0 Å². The Morgan fingerprint density at radius 3 is 2.06 bits per heavy atom. The van der Waals surface area contributed by atoms with Crippen molar-refractivity contribution in [1.82, 2.24) is 10.3 Å². The average Bonchev–Trinajstić information content (AvgIpc) is 3.55. The number of hydrogen-bond acceptors (Lipinski definition) is 7. The number of carbonyl (C=O) groups is 1. The number of ether oxygens (including phenoxy) is 2. The van der Waals surface area contributed by atoms with Crippen molar-refractivity contribution in [2.45, 2.75) is 47.6 Å². The SMILES string of the molecule is C[C@H]1[C@@H](CSc2nc(-c3ccccc3)c(-c3ccccc3)o2)O[C@@H](c2ccc(CNC(=O)C(Cl)(Cl)Cl)cc2)O[C@H]1c1ccc(CO)cc1. The van der Waals surface area contributed by atoms with E-state index in [9.17, 15) is 9.90 Å². The van der Waals surface area contributed by atoms with Crippen LogP contribution in [0.25, 0.3) is 22.6 Å². The molecule has 7 nitrogen and oxygen atoms in total. The third-order valence-electron chi connectivity index (χ3n) is 8.15. The first kappa shape index (κ1) is 34.5. The van der Waals surface area contributed by atoms with Crippen LogP contribution in [0.3, 0.4) is 0 Å². The van der Waals surface area contributed by atoms with Crippen LogP contribution in [0.15, 0.2) is 119 Å². The number of halogens is 3. The van der Waals surface area contributed by atoms with Gasteiger partial charge in [-0.05, 0) is 16.7 Å². The number of benzene rings is 4. The minimum atomic E-state index is -2.03. The number of oxazole rings is 1. The number of amides is 1. The second kappa shape index (κ2) is 15.5. The van der Waals surface area contributed by atoms with Crippen molar-refractivity contribution in [3.8, 4) is 22.6 Å². The van der Waals surface area contributed by atoms with Gasteiger partial charge in [0.15, 0.2) is 12.1 Å². The molecular weight excluding hydrogens is 691 g/mol. The minimum absolute atomic E-state index is 0.0257. The molecule has 11 heteroatoms. The van der Waals surface area contributed by atoms with Gasteiger partial charge < -0.3 is 24.3 Å². The maximum Gasteiger partial charge on any atom is 0.272 e. The van der Waals surface area contributed by atoms with Gasteiger partial charge in [-0.2, -0.15) is 0 Å². The van der Waals surface area contributed by atoms with Gasteiger partial charge in [-0.3, -0.25) is 4.79 Å². The highest BCUT2D eigenvalue weighted by atomic mass is 35.6. The molecule has 5 aromatic rings. The predicted octanol–water partition coefficient (Wildman–Crippen LogP) is 9.07. The maximum absolute atomic E-state index is 12.0. The fourth-order valence-electron chi connectivity index (χ4n) is 5.48. The minimum Gasteiger partial charge on any atom is -0.431 e. The Morgan fingerprint density at radius 1 is 0.833 bits per heavy atom. The Hall–Kier alpha value is -3.34. The van der Waals surface area contributed by atoms with Gasteiger partial charge in [-0.25, -0.2) is 4.98 Å². The lowest BCUT2D eigenvalue weighted by atomic mass is 9.91. The van der Waals surface area contributed by atoms with Crippen LogP contribution in [0, 0.1) is 5.92 Å². The Bertz CT molecular complexity index is 1740. The van der Waals surface area contributed by atoms with Crippen molar-refractivity contribution < 1.29 is 23.8 Å². The summed E-state index contributed by atoms with van der Waals surface area (Å²) in [5.41, 5.74) is 6.17. The Kier molecular flexibility index (Phi) is 11.1. The van der Waals surface area contributed by atoms with E-state index in [4.69, 9.17) is 53.7 Å². The normalized spacial score (nSPS) is 19.6. The number of rotatable bonds is 10. The molecule has 0 unspecified atom stereocenters. The summed E-state index contributed by atoms with van der Waals surface area (Å²) >= 11 is 18.5. The first-order chi connectivity index (χ1) is 23.2. The second-order valence-corrected chi connectivity index (χ2v) is 14.7. The first-order valence-electron chi connectivity index (χ1n) is 15.4. The molecular formula is C37H33Cl3N2O5S. The molecule has 1 fully saturated rings. The number of hydrogen-bond donors (Lipinski definition) is 2. The second-order valence-electron chi connectivity index (χ2n) is 11.4. The van der Waals surface area contributed by atoms with Crippen molar-refractivity contribution in [2.24, 2.45) is 5.92 Å². The van der Waals surface area contributed by atoms with Crippen LogP contribution in [0.1, 0.15) is 41.6 Å². The number of aliphatic hydroxyl groups is 1. The fraction of sp³-hybridized carbons (Fsp3) is 0.243. The number of carbonyl (C=O) groups excluding carboxylic acids is 1. The summed E-state index contributed by atoms with van der Waals surface area (Å²) in [7, 11) is 0. The van der Waals surface area contributed by atoms with E-state index in [1.54, 1.807) is 0 Å². The van der Waals surface area contributed by atoms with Gasteiger partial charge >= 0.3 is 0 Å². The van der Waals surface area contributed by atoms with E-state index >= 15 is 0 Å². The summed E-state index contributed by atoms with van der Waals surface area (Å²) in [6, 6.07) is 35.3. The van der Waals surface area contributed by atoms with Crippen molar-refractivity contribution >= 4 is 52.5 Å². The average molecular weight is 724 g/mol. The maximum atomic E-state index is 12.0. The van der Waals surface area contributed by atoms with Crippen LogP contribution in [-0.4, -0.2) is 31.6 Å². The Labute approximate surface area is 298 Å². The molecule has 1 aromatic heterocycles. The zero-order chi connectivity index (χ0) is 33.7. The van der Waals surface area contributed by atoms with Crippen molar-refractivity contribution in [2.75, 3.05) is 5.75 Å². The molecule has 1 amide bonds. The van der Waals surface area contributed by atoms with E-state index in [0.717, 1.165) is 44.8 Å². The molecule has 0 radical (unpaired) electrons. The zero-order valence-corrected chi connectivity index (χ0v) is 29.0. The molecule has 48 heavy (non-hydrogen) atoms. The lowest BCUT2D eigenvalue weighted by Crippen LogP contribution is -2.38. The first-order valence-corrected chi connectivity index (χ1v) is 17.5. The highest BCUT2D eigenvalue weighted by Crippen LogP contribution is 2.44. The van der Waals surface area contributed by atoms with Gasteiger partial charge in [-0.1, -0.05) is 163 Å². The number of aliphatic hydroxyl groups excluding tert-OH is 1. The van der Waals surface area contributed by atoms with Crippen LogP contribution in [0.5, 0.6) is 0 Å². The molecule has 248 valence electrons. The van der Waals surface area contributed by atoms with Crippen molar-refractivity contribution in [3.05, 3.63) is 131 Å². The topological polar surface area (TPSA) is 93.8 Å². The molecule has 0 saturated carbocycles. The number of nitrogens with zero attached hydrogens (tertiary/aromatic N) is 1. The van der Waals surface area contributed by atoms with Gasteiger partial charge in [0.05, 0.1) is 18.8 Å². The van der Waals surface area contributed by atoms with Gasteiger partial charge in [-0.15, -0.1) is 0 Å². The highest BCUT2D eigenvalue weighted by molar-refractivity contribution is 7.99. The largest absolute Gasteiger partial charge is 0.431 e. The van der Waals surface area contributed by atoms with E-state index in [1.807, 2.05) is 109 Å². The molecule has 1 aliphatic heterocycles. The van der Waals surface area contributed by atoms with E-state index in [1.165, 1.54) is 11.8 Å². The van der Waals surface area contributed by atoms with Gasteiger partial charge in [0.25, 0.3) is 14.9 Å². The standard InChI is InChI=1S/C37H33Cl3N2O5S/c1-23-30(22-48-36-42-31(26-8-4-2-5-9-26)33(47-36)27-10-6-3-7-11-27)45-34(46-32(23)28-16-14-25(21-43)15-17-28)29-18-12-24(13-19-29)20-41-35(44)37(38,39)40/h2-19,23,30,32,34,43H,20-22H2,1H3,(H,41,44)/t23-,30+,32+,34+/m0/s1. The van der Waals surface area contributed by atoms with Crippen molar-refractivity contribution in [3.63, 3.8) is 0 Å². The molecule has 0 aliphatic carbocycles. The molecule has 1 aliphatic rings. The summed E-state index contributed by atoms with van der Waals surface area (Å²) in [6.07, 6.45) is -1.18. The molecule has 0 spiro atoms. The molecule has 2 heterocycles. The fourth-order valence-corrected chi connectivity index (χ4v) is 6.67. The van der Waals surface area contributed by atoms with Crippen LogP contribution in [0.4, 0.5) is 0 Å². The number of aromatic nitrogens is 1. The molecule has 4 aromatic carbocycles. The van der Waals surface area contributed by atoms with Crippen LogP contribution in [-0.2, 0) is 27.4 Å². The summed E-state index contributed by atoms with van der Waals surface area (Å²) < 4.78 is 17.6. The quantitative estimate of drug-likeness (QED) is 0.110. The van der Waals surface area contributed by atoms with Crippen LogP contribution < -0.4 is 5.32 Å². The molecule has 0 bridgehead atoms. The molecule has 1 saturated heterocycles. The van der Waals surface area contributed by atoms with E-state index in [2.05, 4.69) is 12.2 Å². The van der Waals surface area contributed by atoms with Crippen LogP contribution in [0.2, 0.25) is 0 Å². The van der Waals surface area contributed by atoms with E-state index in [-0.39, 0.29) is 31.3 Å². The van der Waals surface area contributed by atoms with Gasteiger partial charge in [0.1, 0.15) is 5.69 Å². The van der Waals surface area contributed by atoms with Gasteiger partial charge in [0, 0.05) is 34.9 Å². The smallest absolute Gasteiger partial charge is 0.272 e. The molecule has 4 atom stereocenters. The molecule has 2 N–H and O–H groups in total. The zero-order valence-electron chi connectivity index (χ0n) is 25.9. The Balaban J connectivity index is 1.24. The summed E-state index contributed by atoms with van der Waals surface area (Å²) in [5.74, 6) is 0.561. The number of alkyl halides is 3. The number of nitrogens with one attached hydrogen (secondary N) is 1. The van der Waals surface area contributed by atoms with Crippen LogP contribution >= 0.6 is 46.6 Å².